The number of likely N-dealkylation sites (tertiary alicyclic amines) is 1. The molecule has 9 heteroatoms. The van der Waals surface area contributed by atoms with Crippen molar-refractivity contribution in [3.05, 3.63) is 64.5 Å². The number of imide groups is 1. The Bertz CT molecular complexity index is 1240. The van der Waals surface area contributed by atoms with Gasteiger partial charge in [0, 0.05) is 23.7 Å². The highest BCUT2D eigenvalue weighted by atomic mass is 19.1. The van der Waals surface area contributed by atoms with Crippen LogP contribution in [0.2, 0.25) is 0 Å². The van der Waals surface area contributed by atoms with Crippen molar-refractivity contribution in [1.29, 1.82) is 0 Å². The highest BCUT2D eigenvalue weighted by molar-refractivity contribution is 6.15. The Labute approximate surface area is 195 Å². The van der Waals surface area contributed by atoms with E-state index in [9.17, 15) is 23.6 Å². The number of rotatable bonds is 5. The van der Waals surface area contributed by atoms with Crippen LogP contribution in [-0.2, 0) is 31.3 Å². The smallest absolute Gasteiger partial charge is 0.250 e. The Hall–Kier alpha value is -3.59. The molecule has 1 spiro atoms. The summed E-state index contributed by atoms with van der Waals surface area (Å²) in [5, 5.41) is 6.22. The second-order valence-electron chi connectivity index (χ2n) is 9.34. The molecule has 4 atom stereocenters. The molecule has 0 saturated carbocycles. The lowest BCUT2D eigenvalue weighted by atomic mass is 9.76. The zero-order valence-electron chi connectivity index (χ0n) is 18.9. The zero-order valence-corrected chi connectivity index (χ0v) is 18.9. The van der Waals surface area contributed by atoms with Crippen molar-refractivity contribution < 1.29 is 23.6 Å². The minimum Gasteiger partial charge on any atom is -0.370 e. The molecule has 2 fully saturated rings. The number of nitrogens with one attached hydrogen (secondary N) is 2. The average molecular weight is 464 g/mol. The molecule has 3 aliphatic heterocycles. The van der Waals surface area contributed by atoms with Crippen LogP contribution < -0.4 is 16.4 Å². The van der Waals surface area contributed by atoms with Crippen LogP contribution in [0.25, 0.3) is 0 Å². The number of hydrogen-bond donors (Lipinski definition) is 3. The lowest BCUT2D eigenvalue weighted by Gasteiger charge is -2.29. The fourth-order valence-electron chi connectivity index (χ4n) is 5.65. The van der Waals surface area contributed by atoms with Gasteiger partial charge in [0.05, 0.1) is 18.4 Å². The Morgan fingerprint density at radius 3 is 2.47 bits per heavy atom. The molecule has 2 unspecified atom stereocenters. The van der Waals surface area contributed by atoms with Gasteiger partial charge in [-0.1, -0.05) is 24.3 Å². The number of fused-ring (bicyclic) bond motifs is 4. The summed E-state index contributed by atoms with van der Waals surface area (Å²) in [6, 6.07) is 8.69. The lowest BCUT2D eigenvalue weighted by Crippen LogP contribution is -2.53. The molecule has 4 N–H and O–H groups in total. The number of anilines is 1. The predicted molar refractivity (Wildman–Crippen MR) is 121 cm³/mol. The molecular weight excluding hydrogens is 439 g/mol. The summed E-state index contributed by atoms with van der Waals surface area (Å²) in [6.45, 7) is 3.81. The second-order valence-corrected chi connectivity index (χ2v) is 9.34. The fourth-order valence-corrected chi connectivity index (χ4v) is 5.65. The highest BCUT2D eigenvalue weighted by Gasteiger charge is 2.70. The predicted octanol–water partition coefficient (Wildman–Crippen LogP) is 1.63. The van der Waals surface area contributed by atoms with Gasteiger partial charge in [-0.3, -0.25) is 29.4 Å². The third-order valence-electron chi connectivity index (χ3n) is 7.47. The number of nitrogens with two attached hydrogens (primary N) is 1. The van der Waals surface area contributed by atoms with Gasteiger partial charge < -0.3 is 11.1 Å². The molecule has 34 heavy (non-hydrogen) atoms. The Morgan fingerprint density at radius 1 is 1.09 bits per heavy atom. The number of benzene rings is 2. The normalized spacial score (nSPS) is 27.3. The van der Waals surface area contributed by atoms with Crippen LogP contribution in [0.15, 0.2) is 36.4 Å². The minimum absolute atomic E-state index is 0.0117. The van der Waals surface area contributed by atoms with E-state index < -0.39 is 52.9 Å². The Kier molecular flexibility index (Phi) is 5.05. The molecular formula is C25H25FN4O4. The van der Waals surface area contributed by atoms with Crippen molar-refractivity contribution in [3.8, 4) is 0 Å². The summed E-state index contributed by atoms with van der Waals surface area (Å²) >= 11 is 0. The molecule has 0 radical (unpaired) electrons. The van der Waals surface area contributed by atoms with Gasteiger partial charge in [-0.25, -0.2) is 4.39 Å². The average Bonchev–Trinajstić information content (AvgIpc) is 3.37. The first kappa shape index (κ1) is 22.2. The maximum absolute atomic E-state index is 13.7. The number of hydrogen-bond acceptors (Lipinski definition) is 5. The van der Waals surface area contributed by atoms with E-state index in [4.69, 9.17) is 5.73 Å². The summed E-state index contributed by atoms with van der Waals surface area (Å²) in [7, 11) is 0. The van der Waals surface area contributed by atoms with Crippen molar-refractivity contribution in [2.75, 3.05) is 5.32 Å². The molecule has 3 aliphatic rings. The van der Waals surface area contributed by atoms with E-state index in [1.807, 2.05) is 26.0 Å². The summed E-state index contributed by atoms with van der Waals surface area (Å²) in [5.41, 5.74) is 7.68. The van der Waals surface area contributed by atoms with Gasteiger partial charge in [-0.2, -0.15) is 0 Å². The van der Waals surface area contributed by atoms with E-state index in [1.165, 1.54) is 24.3 Å². The minimum atomic E-state index is -1.43. The maximum atomic E-state index is 13.7. The van der Waals surface area contributed by atoms with Crippen LogP contribution in [0, 0.1) is 31.5 Å². The van der Waals surface area contributed by atoms with Gasteiger partial charge in [-0.05, 0) is 49.1 Å². The molecule has 176 valence electrons. The van der Waals surface area contributed by atoms with E-state index >= 15 is 0 Å². The molecule has 2 aromatic rings. The number of carbonyl (C=O) groups is 4. The van der Waals surface area contributed by atoms with Crippen LogP contribution in [0.4, 0.5) is 10.1 Å². The first-order chi connectivity index (χ1) is 16.1. The molecule has 4 amide bonds. The van der Waals surface area contributed by atoms with Crippen LogP contribution >= 0.6 is 0 Å². The van der Waals surface area contributed by atoms with Gasteiger partial charge in [0.25, 0.3) is 0 Å². The largest absolute Gasteiger partial charge is 0.370 e. The quantitative estimate of drug-likeness (QED) is 0.581. The Morgan fingerprint density at radius 2 is 1.79 bits per heavy atom. The van der Waals surface area contributed by atoms with Crippen LogP contribution in [0.5, 0.6) is 0 Å². The topological polar surface area (TPSA) is 122 Å². The summed E-state index contributed by atoms with van der Waals surface area (Å²) < 4.78 is 13.3. The van der Waals surface area contributed by atoms with Crippen LogP contribution in [0.1, 0.15) is 35.1 Å². The van der Waals surface area contributed by atoms with Crippen LogP contribution in [-0.4, -0.2) is 34.6 Å². The SMILES string of the molecule is Cc1ccc2c(c1C)NC(=O)C21NC(CCC(N)=O)[C@H]2C(=O)N(Cc3ccc(F)cc3)C(=O)[C@H]21. The molecule has 0 aromatic heterocycles. The van der Waals surface area contributed by atoms with Crippen molar-refractivity contribution in [1.82, 2.24) is 10.2 Å². The van der Waals surface area contributed by atoms with Crippen molar-refractivity contribution in [2.45, 2.75) is 44.8 Å². The van der Waals surface area contributed by atoms with Crippen LogP contribution in [0.3, 0.4) is 0 Å². The molecule has 0 bridgehead atoms. The number of aryl methyl sites for hydroxylation is 1. The molecule has 5 rings (SSSR count). The first-order valence-corrected chi connectivity index (χ1v) is 11.2. The van der Waals surface area contributed by atoms with E-state index in [0.717, 1.165) is 16.0 Å². The standard InChI is InChI=1S/C25H25FN4O4/c1-12-3-8-16-21(13(12)2)28-24(34)25(16)20-19(17(29-25)9-10-18(27)31)22(32)30(23(20)33)11-14-4-6-15(26)7-5-14/h3-8,17,19-20,29H,9-11H2,1-2H3,(H2,27,31)(H,28,34)/t17?,19-,20+,25?/m1/s1. The van der Waals surface area contributed by atoms with Gasteiger partial charge in [0.2, 0.25) is 23.6 Å². The van der Waals surface area contributed by atoms with E-state index in [1.54, 1.807) is 0 Å². The third kappa shape index (κ3) is 3.07. The lowest BCUT2D eigenvalue weighted by molar-refractivity contribution is -0.143. The molecule has 8 nitrogen and oxygen atoms in total. The van der Waals surface area contributed by atoms with E-state index in [2.05, 4.69) is 10.6 Å². The first-order valence-electron chi connectivity index (χ1n) is 11.2. The zero-order chi connectivity index (χ0) is 24.4. The fraction of sp³-hybridized carbons (Fsp3) is 0.360. The molecule has 2 aromatic carbocycles. The summed E-state index contributed by atoms with van der Waals surface area (Å²) in [5.74, 6) is -4.01. The monoisotopic (exact) mass is 464 g/mol. The van der Waals surface area contributed by atoms with E-state index in [0.29, 0.717) is 16.8 Å². The molecule has 0 aliphatic carbocycles. The number of carbonyl (C=O) groups excluding carboxylic acids is 4. The maximum Gasteiger partial charge on any atom is 0.250 e. The van der Waals surface area contributed by atoms with Crippen molar-refractivity contribution in [2.24, 2.45) is 17.6 Å². The van der Waals surface area contributed by atoms with E-state index in [-0.39, 0.29) is 19.4 Å². The van der Waals surface area contributed by atoms with Gasteiger partial charge in [0.1, 0.15) is 11.4 Å². The highest BCUT2D eigenvalue weighted by Crippen LogP contribution is 2.54. The number of primary amides is 1. The third-order valence-corrected chi connectivity index (χ3v) is 7.47. The van der Waals surface area contributed by atoms with Crippen molar-refractivity contribution >= 4 is 29.3 Å². The number of nitrogens with zero attached hydrogens (tertiary/aromatic N) is 1. The summed E-state index contributed by atoms with van der Waals surface area (Å²) in [6.07, 6.45) is 0.229. The number of halogens is 1. The van der Waals surface area contributed by atoms with Crippen molar-refractivity contribution in [3.63, 3.8) is 0 Å². The Balaban J connectivity index is 1.59. The molecule has 3 heterocycles. The number of amides is 4. The van der Waals surface area contributed by atoms with Gasteiger partial charge in [-0.15, -0.1) is 0 Å². The summed E-state index contributed by atoms with van der Waals surface area (Å²) in [4.78, 5) is 53.5. The second kappa shape index (κ2) is 7.73. The van der Waals surface area contributed by atoms with Gasteiger partial charge >= 0.3 is 0 Å². The van der Waals surface area contributed by atoms with Gasteiger partial charge in [0.15, 0.2) is 0 Å². The molecule has 2 saturated heterocycles.